The Labute approximate surface area is 373 Å². The molecule has 0 saturated carbocycles. The van der Waals surface area contributed by atoms with Crippen LogP contribution in [0.5, 0.6) is 0 Å². The van der Waals surface area contributed by atoms with Gasteiger partial charge in [0.05, 0.1) is 13.2 Å². The number of likely N-dealkylation sites (tertiary alicyclic amines) is 1. The molecule has 0 unspecified atom stereocenters. The maximum absolute atomic E-state index is 14.0. The fraction of sp³-hybridized carbons (Fsp3) is 0.711. The molecule has 1 saturated heterocycles. The summed E-state index contributed by atoms with van der Waals surface area (Å²) >= 11 is 1.31. The van der Waals surface area contributed by atoms with Gasteiger partial charge in [0.25, 0.3) is 0 Å². The van der Waals surface area contributed by atoms with Crippen molar-refractivity contribution < 1.29 is 78.3 Å². The van der Waals surface area contributed by atoms with Gasteiger partial charge in [-0.2, -0.15) is 11.8 Å². The van der Waals surface area contributed by atoms with E-state index in [-0.39, 0.29) is 38.1 Å². The number of nitrogens with one attached hydrogen (secondary N) is 7. The van der Waals surface area contributed by atoms with Crippen LogP contribution in [0.4, 0.5) is 0 Å². The lowest BCUT2D eigenvalue weighted by atomic mass is 10.0. The van der Waals surface area contributed by atoms with Crippen LogP contribution in [0.15, 0.2) is 0 Å². The Morgan fingerprint density at radius 1 is 0.609 bits per heavy atom. The lowest BCUT2D eigenvalue weighted by molar-refractivity contribution is -0.144. The minimum atomic E-state index is -1.72. The minimum Gasteiger partial charge on any atom is -0.481 e. The fourth-order valence-electron chi connectivity index (χ4n) is 6.19. The van der Waals surface area contributed by atoms with Gasteiger partial charge in [0.15, 0.2) is 0 Å². The summed E-state index contributed by atoms with van der Waals surface area (Å²) in [7, 11) is 0. The monoisotopic (exact) mass is 933 g/mol. The zero-order valence-corrected chi connectivity index (χ0v) is 37.2. The van der Waals surface area contributed by atoms with E-state index in [1.807, 2.05) is 0 Å². The highest BCUT2D eigenvalue weighted by molar-refractivity contribution is 7.98. The molecule has 1 aliphatic heterocycles. The third kappa shape index (κ3) is 19.4. The van der Waals surface area contributed by atoms with Gasteiger partial charge in [-0.1, -0.05) is 13.8 Å². The van der Waals surface area contributed by atoms with Crippen LogP contribution in [-0.4, -0.2) is 182 Å². The number of carboxylic acid groups (broad SMARTS) is 3. The van der Waals surface area contributed by atoms with Crippen LogP contribution in [0.25, 0.3) is 0 Å². The maximum atomic E-state index is 14.0. The average Bonchev–Trinajstić information content (AvgIpc) is 3.73. The van der Waals surface area contributed by atoms with Gasteiger partial charge in [-0.05, 0) is 70.3 Å². The van der Waals surface area contributed by atoms with Crippen molar-refractivity contribution in [2.24, 2.45) is 11.7 Å². The summed E-state index contributed by atoms with van der Waals surface area (Å²) in [5, 5.41) is 63.7. The SMILES string of the molecule is CSCC[C@H](NC(=O)[C@H](CCC(=O)O)NC(=O)[C@@H]1CCCN1C(=O)[C@H](CCC(=O)O)NC(=O)[C@H](CO)NC(=O)[C@H](CC(C)C)NC(=O)[C@@H](N)CO)C(=O)N[C@@H](C)C(=O)N[C@@H](C)C(=O)O. The molecule has 25 nitrogen and oxygen atoms in total. The second-order valence-corrected chi connectivity index (χ2v) is 16.5. The van der Waals surface area contributed by atoms with Gasteiger partial charge in [-0.3, -0.25) is 52.7 Å². The summed E-state index contributed by atoms with van der Waals surface area (Å²) in [5.41, 5.74) is 5.55. The number of aliphatic hydroxyl groups is 2. The number of hydrogen-bond acceptors (Lipinski definition) is 15. The number of nitrogens with zero attached hydrogens (tertiary/aromatic N) is 1. The second-order valence-electron chi connectivity index (χ2n) is 15.5. The van der Waals surface area contributed by atoms with Gasteiger partial charge in [0.1, 0.15) is 54.4 Å². The quantitative estimate of drug-likeness (QED) is 0.0335. The zero-order valence-electron chi connectivity index (χ0n) is 36.4. The van der Waals surface area contributed by atoms with Crippen LogP contribution in [0.2, 0.25) is 0 Å². The van der Waals surface area contributed by atoms with Crippen molar-refractivity contribution in [1.29, 1.82) is 0 Å². The molecule has 64 heavy (non-hydrogen) atoms. The number of rotatable bonds is 29. The number of carboxylic acids is 3. The highest BCUT2D eigenvalue weighted by atomic mass is 32.2. The molecule has 1 heterocycles. The number of carbonyl (C=O) groups excluding carboxylic acids is 8. The first-order chi connectivity index (χ1) is 30.0. The summed E-state index contributed by atoms with van der Waals surface area (Å²) < 4.78 is 0. The Morgan fingerprint density at radius 3 is 1.62 bits per heavy atom. The highest BCUT2D eigenvalue weighted by Crippen LogP contribution is 2.21. The number of aliphatic hydroxyl groups excluding tert-OH is 2. The molecule has 1 rings (SSSR count). The van der Waals surface area contributed by atoms with Gasteiger partial charge in [0, 0.05) is 19.4 Å². The van der Waals surface area contributed by atoms with Gasteiger partial charge in [-0.25, -0.2) is 0 Å². The lowest BCUT2D eigenvalue weighted by Crippen LogP contribution is -2.60. The molecule has 0 aromatic heterocycles. The molecule has 0 aliphatic carbocycles. The summed E-state index contributed by atoms with van der Waals surface area (Å²) in [5.74, 6) is -11.3. The van der Waals surface area contributed by atoms with E-state index < -0.39 is 158 Å². The molecule has 0 spiro atoms. The molecular weight excluding hydrogens is 871 g/mol. The molecule has 8 amide bonds. The Kier molecular flexibility index (Phi) is 24.9. The van der Waals surface area contributed by atoms with Crippen LogP contribution in [-0.2, 0) is 52.7 Å². The third-order valence-electron chi connectivity index (χ3n) is 9.79. The van der Waals surface area contributed by atoms with Crippen LogP contribution >= 0.6 is 11.8 Å². The molecule has 9 atom stereocenters. The van der Waals surface area contributed by atoms with Crippen molar-refractivity contribution in [1.82, 2.24) is 42.1 Å². The average molecular weight is 934 g/mol. The molecule has 0 aromatic rings. The zero-order chi connectivity index (χ0) is 48.8. The number of nitrogens with two attached hydrogens (primary N) is 1. The van der Waals surface area contributed by atoms with Gasteiger partial charge < -0.3 is 73.4 Å². The van der Waals surface area contributed by atoms with E-state index in [1.54, 1.807) is 20.1 Å². The molecule has 26 heteroatoms. The van der Waals surface area contributed by atoms with E-state index in [4.69, 9.17) is 10.8 Å². The number of carbonyl (C=O) groups is 11. The maximum Gasteiger partial charge on any atom is 0.325 e. The highest BCUT2D eigenvalue weighted by Gasteiger charge is 2.40. The van der Waals surface area contributed by atoms with Gasteiger partial charge in [0.2, 0.25) is 47.3 Å². The Bertz CT molecular complexity index is 1690. The van der Waals surface area contributed by atoms with Crippen molar-refractivity contribution in [3.05, 3.63) is 0 Å². The van der Waals surface area contributed by atoms with E-state index in [9.17, 15) is 73.2 Å². The van der Waals surface area contributed by atoms with E-state index >= 15 is 0 Å². The Morgan fingerprint density at radius 2 is 1.09 bits per heavy atom. The molecule has 0 radical (unpaired) electrons. The first-order valence-electron chi connectivity index (χ1n) is 20.5. The van der Waals surface area contributed by atoms with Crippen LogP contribution in [0.3, 0.4) is 0 Å². The number of hydrogen-bond donors (Lipinski definition) is 13. The number of amides is 8. The second kappa shape index (κ2) is 28.2. The van der Waals surface area contributed by atoms with E-state index in [2.05, 4.69) is 37.2 Å². The van der Waals surface area contributed by atoms with Crippen molar-refractivity contribution >= 4 is 76.9 Å². The molecule has 1 aliphatic rings. The standard InChI is InChI=1S/C38H63N9O16S/c1-18(2)15-25(45-31(55)21(39)16-48)34(58)46-26(17-49)35(59)44-24(9-11-29(52)53)37(61)47-13-6-7-27(47)36(60)43-22(8-10-28(50)51)33(57)42-23(12-14-64-5)32(56)40-19(3)30(54)41-20(4)38(62)63/h18-27,48-49H,6-17,39H2,1-5H3,(H,40,56)(H,41,54)(H,42,57)(H,43,60)(H,44,59)(H,45,55)(H,46,58)(H,50,51)(H,52,53)(H,62,63)/t19-,20-,21-,22-,23-,24-,25-,26-,27-/m0/s1. The smallest absolute Gasteiger partial charge is 0.325 e. The van der Waals surface area contributed by atoms with Crippen molar-refractivity contribution in [3.8, 4) is 0 Å². The van der Waals surface area contributed by atoms with Crippen LogP contribution in [0, 0.1) is 5.92 Å². The van der Waals surface area contributed by atoms with Crippen LogP contribution in [0.1, 0.15) is 79.1 Å². The first kappa shape index (κ1) is 56.4. The summed E-state index contributed by atoms with van der Waals surface area (Å²) in [6.45, 7) is 4.15. The predicted molar refractivity (Wildman–Crippen MR) is 226 cm³/mol. The predicted octanol–water partition coefficient (Wildman–Crippen LogP) is -4.66. The first-order valence-corrected chi connectivity index (χ1v) is 21.9. The lowest BCUT2D eigenvalue weighted by Gasteiger charge is -2.31. The van der Waals surface area contributed by atoms with Crippen LogP contribution < -0.4 is 43.0 Å². The normalized spacial score (nSPS) is 17.2. The fourth-order valence-corrected chi connectivity index (χ4v) is 6.66. The number of aliphatic carboxylic acids is 3. The number of thioether (sulfide) groups is 1. The summed E-state index contributed by atoms with van der Waals surface area (Å²) in [6.07, 6.45) is -0.238. The molecule has 362 valence electrons. The van der Waals surface area contributed by atoms with Gasteiger partial charge >= 0.3 is 17.9 Å². The van der Waals surface area contributed by atoms with Crippen molar-refractivity contribution in [2.75, 3.05) is 31.8 Å². The summed E-state index contributed by atoms with van der Waals surface area (Å²) in [4.78, 5) is 142. The van der Waals surface area contributed by atoms with E-state index in [1.165, 1.54) is 25.6 Å². The Hall–Kier alpha value is -5.60. The molecular formula is C38H63N9O16S. The van der Waals surface area contributed by atoms with E-state index in [0.717, 1.165) is 4.90 Å². The molecule has 1 fully saturated rings. The van der Waals surface area contributed by atoms with Gasteiger partial charge in [-0.15, -0.1) is 0 Å². The molecule has 14 N–H and O–H groups in total. The molecule has 0 aromatic carbocycles. The third-order valence-corrected chi connectivity index (χ3v) is 10.4. The van der Waals surface area contributed by atoms with Crippen molar-refractivity contribution in [3.63, 3.8) is 0 Å². The van der Waals surface area contributed by atoms with E-state index in [0.29, 0.717) is 5.75 Å². The largest absolute Gasteiger partial charge is 0.481 e. The minimum absolute atomic E-state index is 0.0157. The Balaban J connectivity index is 3.31. The molecule has 0 bridgehead atoms. The van der Waals surface area contributed by atoms with Crippen molar-refractivity contribution in [2.45, 2.75) is 133 Å². The summed E-state index contributed by atoms with van der Waals surface area (Å²) in [6, 6.07) is -12.7. The topological polar surface area (TPSA) is 402 Å².